The second-order valence-electron chi connectivity index (χ2n) is 7.29. The summed E-state index contributed by atoms with van der Waals surface area (Å²) in [7, 11) is 0. The number of aliphatic hydroxyl groups excluding tert-OH is 1. The fraction of sp³-hybridized carbons (Fsp3) is 0.261. The Morgan fingerprint density at radius 3 is 2.63 bits per heavy atom. The van der Waals surface area contributed by atoms with Crippen LogP contribution < -0.4 is 11.1 Å². The van der Waals surface area contributed by atoms with Crippen LogP contribution in [-0.2, 0) is 4.74 Å². The Kier molecular flexibility index (Phi) is 6.02. The molecule has 2 heterocycles. The van der Waals surface area contributed by atoms with E-state index in [1.165, 1.54) is 0 Å². The van der Waals surface area contributed by atoms with Gasteiger partial charge in [0.25, 0.3) is 5.91 Å². The number of rotatable bonds is 6. The highest BCUT2D eigenvalue weighted by molar-refractivity contribution is 5.95. The Labute approximate surface area is 174 Å². The van der Waals surface area contributed by atoms with Crippen LogP contribution in [0.25, 0.3) is 11.3 Å². The summed E-state index contributed by atoms with van der Waals surface area (Å²) in [5.41, 5.74) is 9.65. The van der Waals surface area contributed by atoms with E-state index in [2.05, 4.69) is 10.3 Å². The van der Waals surface area contributed by atoms with Gasteiger partial charge in [-0.2, -0.15) is 0 Å². The van der Waals surface area contributed by atoms with Crippen LogP contribution in [0.15, 0.2) is 60.8 Å². The van der Waals surface area contributed by atoms with Crippen LogP contribution in [0.4, 0.5) is 5.82 Å². The number of nitrogens with zero attached hydrogens (tertiary/aromatic N) is 2. The molecule has 0 spiro atoms. The SMILES string of the molecule is Nc1ncc([C@H]2CCOC2)nc1-c1ccc(C(=O)NC(CO)c2ccccc2)cc1. The Balaban J connectivity index is 1.51. The number of nitrogens with one attached hydrogen (secondary N) is 1. The first-order chi connectivity index (χ1) is 14.7. The van der Waals surface area contributed by atoms with E-state index in [1.54, 1.807) is 30.5 Å². The molecule has 2 atom stereocenters. The van der Waals surface area contributed by atoms with Gasteiger partial charge in [-0.05, 0) is 24.1 Å². The zero-order valence-corrected chi connectivity index (χ0v) is 16.5. The lowest BCUT2D eigenvalue weighted by molar-refractivity contribution is 0.0916. The molecule has 1 unspecified atom stereocenters. The van der Waals surface area contributed by atoms with Crippen molar-refractivity contribution in [2.45, 2.75) is 18.4 Å². The fourth-order valence-corrected chi connectivity index (χ4v) is 3.53. The van der Waals surface area contributed by atoms with Crippen LogP contribution in [0.3, 0.4) is 0 Å². The average molecular weight is 404 g/mol. The number of carbonyl (C=O) groups is 1. The molecule has 4 N–H and O–H groups in total. The van der Waals surface area contributed by atoms with Gasteiger partial charge in [-0.15, -0.1) is 0 Å². The van der Waals surface area contributed by atoms with Gasteiger partial charge in [-0.25, -0.2) is 9.97 Å². The Hall–Kier alpha value is -3.29. The second kappa shape index (κ2) is 9.02. The van der Waals surface area contributed by atoms with E-state index in [9.17, 15) is 9.90 Å². The number of amides is 1. The Morgan fingerprint density at radius 1 is 1.20 bits per heavy atom. The Morgan fingerprint density at radius 2 is 1.97 bits per heavy atom. The number of nitrogens with two attached hydrogens (primary N) is 1. The molecule has 2 aromatic carbocycles. The number of hydrogen-bond donors (Lipinski definition) is 3. The summed E-state index contributed by atoms with van der Waals surface area (Å²) in [4.78, 5) is 21.6. The van der Waals surface area contributed by atoms with Crippen molar-refractivity contribution in [2.75, 3.05) is 25.6 Å². The number of aliphatic hydroxyl groups is 1. The van der Waals surface area contributed by atoms with Gasteiger partial charge in [0.2, 0.25) is 0 Å². The quantitative estimate of drug-likeness (QED) is 0.583. The summed E-state index contributed by atoms with van der Waals surface area (Å²) in [6.45, 7) is 1.19. The molecule has 1 amide bonds. The molecule has 0 aliphatic carbocycles. The first-order valence-corrected chi connectivity index (χ1v) is 9.93. The van der Waals surface area contributed by atoms with Gasteiger partial charge in [0.1, 0.15) is 11.5 Å². The number of nitrogen functional groups attached to an aromatic ring is 1. The van der Waals surface area contributed by atoms with Crippen molar-refractivity contribution in [3.63, 3.8) is 0 Å². The maximum absolute atomic E-state index is 12.6. The normalized spacial score (nSPS) is 16.9. The highest BCUT2D eigenvalue weighted by Crippen LogP contribution is 2.28. The van der Waals surface area contributed by atoms with Gasteiger partial charge in [0.15, 0.2) is 0 Å². The maximum Gasteiger partial charge on any atom is 0.251 e. The first-order valence-electron chi connectivity index (χ1n) is 9.93. The maximum atomic E-state index is 12.6. The lowest BCUT2D eigenvalue weighted by atomic mass is 10.0. The van der Waals surface area contributed by atoms with Gasteiger partial charge >= 0.3 is 0 Å². The molecule has 0 bridgehead atoms. The third-order valence-electron chi connectivity index (χ3n) is 5.28. The third kappa shape index (κ3) is 4.32. The predicted molar refractivity (Wildman–Crippen MR) is 114 cm³/mol. The number of benzene rings is 2. The monoisotopic (exact) mass is 404 g/mol. The zero-order valence-electron chi connectivity index (χ0n) is 16.5. The summed E-state index contributed by atoms with van der Waals surface area (Å²) < 4.78 is 5.44. The lowest BCUT2D eigenvalue weighted by Gasteiger charge is -2.17. The molecule has 1 aromatic heterocycles. The minimum absolute atomic E-state index is 0.183. The summed E-state index contributed by atoms with van der Waals surface area (Å²) >= 11 is 0. The van der Waals surface area contributed by atoms with Gasteiger partial charge in [0, 0.05) is 23.7 Å². The van der Waals surface area contributed by atoms with Gasteiger partial charge < -0.3 is 20.9 Å². The zero-order chi connectivity index (χ0) is 20.9. The van der Waals surface area contributed by atoms with Crippen molar-refractivity contribution >= 4 is 11.7 Å². The summed E-state index contributed by atoms with van der Waals surface area (Å²) in [5, 5.41) is 12.5. The molecule has 154 valence electrons. The van der Waals surface area contributed by atoms with E-state index in [-0.39, 0.29) is 18.4 Å². The molecule has 1 saturated heterocycles. The summed E-state index contributed by atoms with van der Waals surface area (Å²) in [6.07, 6.45) is 2.63. The standard InChI is InChI=1S/C23H24N4O3/c24-22-21(26-19(12-25-22)18-10-11-30-14-18)16-6-8-17(9-7-16)23(29)27-20(13-28)15-4-2-1-3-5-15/h1-9,12,18,20,28H,10-11,13-14H2,(H2,24,25)(H,27,29)/t18-,20?/m0/s1. The van der Waals surface area contributed by atoms with E-state index in [0.717, 1.165) is 29.8 Å². The molecule has 0 radical (unpaired) electrons. The van der Waals surface area contributed by atoms with Gasteiger partial charge in [-0.1, -0.05) is 42.5 Å². The van der Waals surface area contributed by atoms with Crippen LogP contribution in [0.2, 0.25) is 0 Å². The molecule has 3 aromatic rings. The number of ether oxygens (including phenoxy) is 1. The first kappa shape index (κ1) is 20.0. The third-order valence-corrected chi connectivity index (χ3v) is 5.28. The van der Waals surface area contributed by atoms with Crippen LogP contribution in [0, 0.1) is 0 Å². The molecule has 0 saturated carbocycles. The highest BCUT2D eigenvalue weighted by Gasteiger charge is 2.21. The van der Waals surface area contributed by atoms with Crippen LogP contribution in [0.1, 0.15) is 40.0 Å². The number of carbonyl (C=O) groups excluding carboxylic acids is 1. The van der Waals surface area contributed by atoms with E-state index in [1.807, 2.05) is 30.3 Å². The number of hydrogen-bond acceptors (Lipinski definition) is 6. The van der Waals surface area contributed by atoms with Crippen molar-refractivity contribution < 1.29 is 14.6 Å². The smallest absolute Gasteiger partial charge is 0.251 e. The molecule has 7 nitrogen and oxygen atoms in total. The van der Waals surface area contributed by atoms with Gasteiger partial charge in [0.05, 0.1) is 31.1 Å². The van der Waals surface area contributed by atoms with Crippen LogP contribution in [-0.4, -0.2) is 40.8 Å². The number of aromatic nitrogens is 2. The van der Waals surface area contributed by atoms with Crippen LogP contribution in [0.5, 0.6) is 0 Å². The fourth-order valence-electron chi connectivity index (χ4n) is 3.53. The molecular weight excluding hydrogens is 380 g/mol. The van der Waals surface area contributed by atoms with Crippen molar-refractivity contribution in [3.05, 3.63) is 77.6 Å². The molecule has 1 aliphatic heterocycles. The summed E-state index contributed by atoms with van der Waals surface area (Å²) in [5.74, 6) is 0.315. The van der Waals surface area contributed by atoms with Crippen molar-refractivity contribution in [2.24, 2.45) is 0 Å². The second-order valence-corrected chi connectivity index (χ2v) is 7.29. The highest BCUT2D eigenvalue weighted by atomic mass is 16.5. The topological polar surface area (TPSA) is 110 Å². The molecular formula is C23H24N4O3. The largest absolute Gasteiger partial charge is 0.394 e. The van der Waals surface area contributed by atoms with E-state index >= 15 is 0 Å². The average Bonchev–Trinajstić information content (AvgIpc) is 3.33. The molecule has 7 heteroatoms. The van der Waals surface area contributed by atoms with E-state index in [4.69, 9.17) is 15.5 Å². The molecule has 30 heavy (non-hydrogen) atoms. The molecule has 1 fully saturated rings. The van der Waals surface area contributed by atoms with Crippen molar-refractivity contribution in [1.82, 2.24) is 15.3 Å². The number of anilines is 1. The predicted octanol–water partition coefficient (Wildman–Crippen LogP) is 2.69. The minimum Gasteiger partial charge on any atom is -0.394 e. The Bertz CT molecular complexity index is 1000. The molecule has 4 rings (SSSR count). The van der Waals surface area contributed by atoms with E-state index in [0.29, 0.717) is 23.7 Å². The lowest BCUT2D eigenvalue weighted by Crippen LogP contribution is -2.30. The minimum atomic E-state index is -0.467. The van der Waals surface area contributed by atoms with E-state index < -0.39 is 6.04 Å². The van der Waals surface area contributed by atoms with Crippen LogP contribution >= 0.6 is 0 Å². The summed E-state index contributed by atoms with van der Waals surface area (Å²) in [6, 6.07) is 16.0. The van der Waals surface area contributed by atoms with Crippen molar-refractivity contribution in [1.29, 1.82) is 0 Å². The molecule has 1 aliphatic rings. The van der Waals surface area contributed by atoms with Gasteiger partial charge in [-0.3, -0.25) is 4.79 Å². The van der Waals surface area contributed by atoms with Crippen molar-refractivity contribution in [3.8, 4) is 11.3 Å².